The van der Waals surface area contributed by atoms with E-state index in [9.17, 15) is 4.79 Å². The second-order valence-electron chi connectivity index (χ2n) is 5.86. The maximum atomic E-state index is 12.0. The molecule has 1 N–H and O–H groups in total. The predicted molar refractivity (Wildman–Crippen MR) is 85.0 cm³/mol. The van der Waals surface area contributed by atoms with Crippen LogP contribution >= 0.6 is 0 Å². The molecule has 0 spiro atoms. The van der Waals surface area contributed by atoms with Crippen LogP contribution in [0.1, 0.15) is 27.2 Å². The molecule has 1 aromatic rings. The molecule has 0 aliphatic rings. The van der Waals surface area contributed by atoms with Crippen LogP contribution in [0.3, 0.4) is 0 Å². The molecule has 1 rings (SSSR count). The minimum atomic E-state index is -0.563. The molecule has 0 bridgehead atoms. The molecule has 0 atom stereocenters. The molecule has 0 fully saturated rings. The van der Waals surface area contributed by atoms with E-state index < -0.39 is 11.7 Å². The number of ether oxygens (including phenoxy) is 2. The maximum absolute atomic E-state index is 12.0. The Kier molecular flexibility index (Phi) is 6.49. The van der Waals surface area contributed by atoms with E-state index in [1.54, 1.807) is 6.07 Å². The third kappa shape index (κ3) is 6.49. The van der Waals surface area contributed by atoms with Crippen LogP contribution < -0.4 is 10.1 Å². The van der Waals surface area contributed by atoms with Crippen molar-refractivity contribution in [2.45, 2.75) is 32.8 Å². The van der Waals surface area contributed by atoms with Gasteiger partial charge in [0.25, 0.3) is 0 Å². The van der Waals surface area contributed by atoms with Gasteiger partial charge in [0.15, 0.2) is 0 Å². The highest BCUT2D eigenvalue weighted by molar-refractivity contribution is 5.86. The molecule has 0 aliphatic carbocycles. The molecule has 0 radical (unpaired) electrons. The molecular weight excluding hydrogens is 268 g/mol. The molecule has 5 nitrogen and oxygen atoms in total. The van der Waals surface area contributed by atoms with E-state index in [0.29, 0.717) is 24.6 Å². The fraction of sp³-hybridized carbons (Fsp3) is 0.562. The van der Waals surface area contributed by atoms with Crippen molar-refractivity contribution in [2.24, 2.45) is 0 Å². The number of likely N-dealkylation sites (N-methyl/N-ethyl adjacent to an activating group) is 1. The Morgan fingerprint density at radius 1 is 1.29 bits per heavy atom. The molecule has 0 aliphatic heterocycles. The zero-order valence-electron chi connectivity index (χ0n) is 13.6. The zero-order valence-corrected chi connectivity index (χ0v) is 13.6. The quantitative estimate of drug-likeness (QED) is 0.837. The van der Waals surface area contributed by atoms with Crippen molar-refractivity contribution in [3.63, 3.8) is 0 Å². The van der Waals surface area contributed by atoms with E-state index in [2.05, 4.69) is 5.32 Å². The van der Waals surface area contributed by atoms with Crippen molar-refractivity contribution in [3.8, 4) is 5.75 Å². The maximum Gasteiger partial charge on any atom is 0.412 e. The molecule has 0 heterocycles. The average molecular weight is 294 g/mol. The number of para-hydroxylation sites is 2. The topological polar surface area (TPSA) is 50.8 Å². The summed E-state index contributed by atoms with van der Waals surface area (Å²) in [5.41, 5.74) is 0.0592. The lowest BCUT2D eigenvalue weighted by Gasteiger charge is -2.28. The molecule has 21 heavy (non-hydrogen) atoms. The van der Waals surface area contributed by atoms with Gasteiger partial charge in [0.1, 0.15) is 11.4 Å². The number of carbonyl (C=O) groups excluding carboxylic acids is 1. The Bertz CT molecular complexity index is 459. The van der Waals surface area contributed by atoms with Crippen LogP contribution in [-0.4, -0.2) is 43.8 Å². The SMILES string of the molecule is CCCOc1ccccc1NC(=O)OC(C)(C)CN(C)C. The Labute approximate surface area is 127 Å². The Hall–Kier alpha value is -1.75. The Morgan fingerprint density at radius 2 is 1.95 bits per heavy atom. The fourth-order valence-corrected chi connectivity index (χ4v) is 2.09. The highest BCUT2D eigenvalue weighted by Crippen LogP contribution is 2.24. The zero-order chi connectivity index (χ0) is 15.9. The van der Waals surface area contributed by atoms with Crippen LogP contribution in [0.5, 0.6) is 5.75 Å². The predicted octanol–water partition coefficient (Wildman–Crippen LogP) is 3.36. The van der Waals surface area contributed by atoms with Crippen molar-refractivity contribution in [2.75, 3.05) is 32.6 Å². The second-order valence-corrected chi connectivity index (χ2v) is 5.86. The van der Waals surface area contributed by atoms with Gasteiger partial charge in [0.2, 0.25) is 0 Å². The first-order chi connectivity index (χ1) is 9.84. The first kappa shape index (κ1) is 17.3. The van der Waals surface area contributed by atoms with Crippen molar-refractivity contribution in [1.82, 2.24) is 4.90 Å². The largest absolute Gasteiger partial charge is 0.491 e. The van der Waals surface area contributed by atoms with Gasteiger partial charge in [0.05, 0.1) is 12.3 Å². The summed E-state index contributed by atoms with van der Waals surface area (Å²) in [6.45, 7) is 7.06. The number of hydrogen-bond acceptors (Lipinski definition) is 4. The lowest BCUT2D eigenvalue weighted by molar-refractivity contribution is 0.0295. The molecule has 5 heteroatoms. The molecule has 0 saturated carbocycles. The Balaban J connectivity index is 2.66. The molecule has 0 unspecified atom stereocenters. The average Bonchev–Trinajstić information content (AvgIpc) is 2.35. The summed E-state index contributed by atoms with van der Waals surface area (Å²) in [6, 6.07) is 7.35. The monoisotopic (exact) mass is 294 g/mol. The van der Waals surface area contributed by atoms with Gasteiger partial charge in [-0.1, -0.05) is 19.1 Å². The number of amides is 1. The van der Waals surface area contributed by atoms with Crippen molar-refractivity contribution in [3.05, 3.63) is 24.3 Å². The van der Waals surface area contributed by atoms with E-state index >= 15 is 0 Å². The van der Waals surface area contributed by atoms with Crippen molar-refractivity contribution >= 4 is 11.8 Å². The van der Waals surface area contributed by atoms with Crippen molar-refractivity contribution in [1.29, 1.82) is 0 Å². The molecule has 118 valence electrons. The second kappa shape index (κ2) is 7.88. The van der Waals surface area contributed by atoms with E-state index in [-0.39, 0.29) is 0 Å². The van der Waals surface area contributed by atoms with E-state index in [1.165, 1.54) is 0 Å². The summed E-state index contributed by atoms with van der Waals surface area (Å²) >= 11 is 0. The van der Waals surface area contributed by atoms with Crippen LogP contribution in [0.25, 0.3) is 0 Å². The highest BCUT2D eigenvalue weighted by Gasteiger charge is 2.24. The summed E-state index contributed by atoms with van der Waals surface area (Å²) in [6.07, 6.45) is 0.434. The van der Waals surface area contributed by atoms with Crippen LogP contribution in [0.15, 0.2) is 24.3 Å². The molecule has 0 saturated heterocycles. The fourth-order valence-electron chi connectivity index (χ4n) is 2.09. The smallest absolute Gasteiger partial charge is 0.412 e. The van der Waals surface area contributed by atoms with Gasteiger partial charge < -0.3 is 14.4 Å². The summed E-state index contributed by atoms with van der Waals surface area (Å²) in [7, 11) is 3.88. The molecule has 0 aromatic heterocycles. The van der Waals surface area contributed by atoms with E-state index in [1.807, 2.05) is 58.0 Å². The number of hydrogen-bond donors (Lipinski definition) is 1. The van der Waals surface area contributed by atoms with Crippen LogP contribution in [0.2, 0.25) is 0 Å². The minimum absolute atomic E-state index is 0.477. The summed E-state index contributed by atoms with van der Waals surface area (Å²) < 4.78 is 11.1. The third-order valence-electron chi connectivity index (χ3n) is 2.65. The van der Waals surface area contributed by atoms with E-state index in [4.69, 9.17) is 9.47 Å². The Morgan fingerprint density at radius 3 is 2.57 bits per heavy atom. The van der Waals surface area contributed by atoms with Crippen LogP contribution in [0, 0.1) is 0 Å². The van der Waals surface area contributed by atoms with Gasteiger partial charge in [-0.3, -0.25) is 5.32 Å². The number of rotatable bonds is 7. The number of nitrogens with one attached hydrogen (secondary N) is 1. The first-order valence-electron chi connectivity index (χ1n) is 7.20. The van der Waals surface area contributed by atoms with Gasteiger partial charge in [0, 0.05) is 6.54 Å². The molecule has 1 amide bonds. The summed E-state index contributed by atoms with van der Waals surface area (Å²) in [5.74, 6) is 0.654. The normalized spacial score (nSPS) is 11.3. The summed E-state index contributed by atoms with van der Waals surface area (Å²) in [4.78, 5) is 14.0. The first-order valence-corrected chi connectivity index (χ1v) is 7.20. The van der Waals surface area contributed by atoms with Gasteiger partial charge in [-0.05, 0) is 46.5 Å². The van der Waals surface area contributed by atoms with Gasteiger partial charge >= 0.3 is 6.09 Å². The lowest BCUT2D eigenvalue weighted by atomic mass is 10.1. The number of anilines is 1. The number of carbonyl (C=O) groups is 1. The minimum Gasteiger partial charge on any atom is -0.491 e. The highest BCUT2D eigenvalue weighted by atomic mass is 16.6. The van der Waals surface area contributed by atoms with Gasteiger partial charge in [-0.2, -0.15) is 0 Å². The van der Waals surface area contributed by atoms with Gasteiger partial charge in [-0.25, -0.2) is 4.79 Å². The van der Waals surface area contributed by atoms with Crippen LogP contribution in [0.4, 0.5) is 10.5 Å². The number of benzene rings is 1. The number of nitrogens with zero attached hydrogens (tertiary/aromatic N) is 1. The molecular formula is C16H26N2O3. The summed E-state index contributed by atoms with van der Waals surface area (Å²) in [5, 5.41) is 2.74. The molecule has 1 aromatic carbocycles. The van der Waals surface area contributed by atoms with Crippen molar-refractivity contribution < 1.29 is 14.3 Å². The lowest BCUT2D eigenvalue weighted by Crippen LogP contribution is -2.40. The standard InChI is InChI=1S/C16H26N2O3/c1-6-11-20-14-10-8-7-9-13(14)17-15(19)21-16(2,3)12-18(4)5/h7-10H,6,11-12H2,1-5H3,(H,17,19). The van der Waals surface area contributed by atoms with Crippen LogP contribution in [-0.2, 0) is 4.74 Å². The third-order valence-corrected chi connectivity index (χ3v) is 2.65. The van der Waals surface area contributed by atoms with Gasteiger partial charge in [-0.15, -0.1) is 0 Å². The van der Waals surface area contributed by atoms with E-state index in [0.717, 1.165) is 6.42 Å².